The van der Waals surface area contributed by atoms with Crippen molar-refractivity contribution in [2.45, 2.75) is 24.0 Å². The molecular weight excluding hydrogens is 404 g/mol. The van der Waals surface area contributed by atoms with Gasteiger partial charge in [-0.2, -0.15) is 17.9 Å². The van der Waals surface area contributed by atoms with Crippen molar-refractivity contribution in [3.63, 3.8) is 0 Å². The number of anilines is 1. The molecule has 150 valence electrons. The van der Waals surface area contributed by atoms with E-state index in [0.717, 1.165) is 29.0 Å². The van der Waals surface area contributed by atoms with Crippen LogP contribution < -0.4 is 10.0 Å². The molecule has 2 rings (SSSR count). The van der Waals surface area contributed by atoms with Crippen LogP contribution in [0.3, 0.4) is 0 Å². The molecule has 1 aromatic carbocycles. The third kappa shape index (κ3) is 4.68. The number of benzene rings is 1. The second-order valence-electron chi connectivity index (χ2n) is 5.79. The number of hydrogen-bond donors (Lipinski definition) is 2. The van der Waals surface area contributed by atoms with Crippen molar-refractivity contribution < 1.29 is 30.8 Å². The van der Waals surface area contributed by atoms with Gasteiger partial charge in [-0.1, -0.05) is 0 Å². The number of alkyl halides is 3. The average Bonchev–Trinajstić information content (AvgIpc) is 2.98. The molecule has 0 saturated carbocycles. The molecule has 1 amide bonds. The molecule has 0 aliphatic heterocycles. The van der Waals surface area contributed by atoms with Crippen LogP contribution in [0.4, 0.5) is 28.9 Å². The molecule has 1 aromatic heterocycles. The Kier molecular flexibility index (Phi) is 5.81. The monoisotopic (exact) mass is 418 g/mol. The molecule has 0 bridgehead atoms. The average molecular weight is 418 g/mol. The first-order valence-corrected chi connectivity index (χ1v) is 9.07. The number of hydrogen-bond acceptors (Lipinski definition) is 3. The molecule has 12 heteroatoms. The number of aryl methyl sites for hydroxylation is 1. The van der Waals surface area contributed by atoms with Crippen molar-refractivity contribution in [1.29, 1.82) is 0 Å². The highest BCUT2D eigenvalue weighted by molar-refractivity contribution is 7.89. The zero-order valence-corrected chi connectivity index (χ0v) is 15.3. The summed E-state index contributed by atoms with van der Waals surface area (Å²) < 4.78 is 78.0. The highest BCUT2D eigenvalue weighted by Gasteiger charge is 2.39. The number of halogens is 4. The lowest BCUT2D eigenvalue weighted by atomic mass is 10.2. The van der Waals surface area contributed by atoms with Gasteiger partial charge in [0, 0.05) is 18.9 Å². The van der Waals surface area contributed by atoms with Gasteiger partial charge in [0.25, 0.3) is 5.91 Å². The molecule has 0 fully saturated rings. The van der Waals surface area contributed by atoms with Gasteiger partial charge in [0.05, 0.1) is 6.57 Å². The van der Waals surface area contributed by atoms with Gasteiger partial charge < -0.3 is 9.88 Å². The Balaban J connectivity index is 2.26. The first-order valence-electron chi connectivity index (χ1n) is 7.59. The van der Waals surface area contributed by atoms with Crippen LogP contribution in [-0.4, -0.2) is 31.1 Å². The molecule has 1 heterocycles. The quantitative estimate of drug-likeness (QED) is 0.578. The fourth-order valence-corrected chi connectivity index (χ4v) is 3.44. The second-order valence-corrected chi connectivity index (χ2v) is 7.50. The summed E-state index contributed by atoms with van der Waals surface area (Å²) in [5.41, 5.74) is -0.404. The molecule has 7 nitrogen and oxygen atoms in total. The maximum atomic E-state index is 13.3. The van der Waals surface area contributed by atoms with E-state index in [9.17, 15) is 30.8 Å². The number of carbonyl (C=O) groups excluding carboxylic acids is 1. The fraction of sp³-hybridized carbons (Fsp3) is 0.250. The minimum Gasteiger partial charge on any atom is -0.345 e. The molecule has 1 atom stereocenters. The van der Waals surface area contributed by atoms with E-state index in [1.165, 1.54) is 17.8 Å². The van der Waals surface area contributed by atoms with Crippen molar-refractivity contribution in [3.8, 4) is 0 Å². The normalized spacial score (nSPS) is 13.0. The number of sulfonamides is 1. The second kappa shape index (κ2) is 7.61. The van der Waals surface area contributed by atoms with Crippen LogP contribution in [0.1, 0.15) is 17.4 Å². The van der Waals surface area contributed by atoms with E-state index in [1.807, 2.05) is 0 Å². The maximum Gasteiger partial charge on any atom is 0.404 e. The number of aromatic nitrogens is 1. The fourth-order valence-electron chi connectivity index (χ4n) is 2.15. The van der Waals surface area contributed by atoms with Crippen LogP contribution in [-0.2, 0) is 17.1 Å². The smallest absolute Gasteiger partial charge is 0.345 e. The van der Waals surface area contributed by atoms with Gasteiger partial charge in [-0.05, 0) is 31.2 Å². The lowest BCUT2D eigenvalue weighted by Gasteiger charge is -2.16. The lowest BCUT2D eigenvalue weighted by molar-refractivity contribution is -0.147. The van der Waals surface area contributed by atoms with Crippen molar-refractivity contribution in [2.24, 2.45) is 7.05 Å². The third-order valence-electron chi connectivity index (χ3n) is 3.67. The van der Waals surface area contributed by atoms with Crippen LogP contribution in [0, 0.1) is 12.4 Å². The summed E-state index contributed by atoms with van der Waals surface area (Å²) in [5, 5.41) is 2.37. The van der Waals surface area contributed by atoms with Gasteiger partial charge in [0.1, 0.15) is 22.4 Å². The Hall–Kier alpha value is -2.91. The number of nitrogens with zero attached hydrogens (tertiary/aromatic N) is 2. The van der Waals surface area contributed by atoms with Gasteiger partial charge in [-0.3, -0.25) is 4.79 Å². The van der Waals surface area contributed by atoms with Crippen molar-refractivity contribution in [3.05, 3.63) is 53.4 Å². The van der Waals surface area contributed by atoms with E-state index in [1.54, 1.807) is 0 Å². The topological polar surface area (TPSA) is 84.6 Å². The van der Waals surface area contributed by atoms with Crippen LogP contribution in [0.5, 0.6) is 0 Å². The number of rotatable bonds is 5. The third-order valence-corrected chi connectivity index (χ3v) is 5.18. The molecule has 0 spiro atoms. The molecule has 0 aliphatic carbocycles. The summed E-state index contributed by atoms with van der Waals surface area (Å²) in [6.07, 6.45) is -3.79. The molecule has 0 saturated heterocycles. The van der Waals surface area contributed by atoms with E-state index < -0.39 is 38.9 Å². The molecule has 28 heavy (non-hydrogen) atoms. The maximum absolute atomic E-state index is 13.3. The Morgan fingerprint density at radius 1 is 1.29 bits per heavy atom. The Morgan fingerprint density at radius 2 is 1.93 bits per heavy atom. The minimum atomic E-state index is -4.77. The van der Waals surface area contributed by atoms with Crippen LogP contribution in [0.2, 0.25) is 0 Å². The molecule has 2 aromatic rings. The van der Waals surface area contributed by atoms with Crippen LogP contribution in [0.15, 0.2) is 35.4 Å². The van der Waals surface area contributed by atoms with E-state index in [4.69, 9.17) is 6.57 Å². The van der Waals surface area contributed by atoms with E-state index >= 15 is 0 Å². The largest absolute Gasteiger partial charge is 0.404 e. The molecule has 0 radical (unpaired) electrons. The highest BCUT2D eigenvalue weighted by atomic mass is 32.2. The standard InChI is InChI=1S/C16H14F4N4O3S/c1-9(16(18,19)20)23-28(26,27)11-7-14(24(3)8-11)15(25)22-10-4-5-12(17)13(6-10)21-2/h4-9,23H,1,3H3,(H,22,25)/t9-/m0/s1. The Labute approximate surface area is 157 Å². The van der Waals surface area contributed by atoms with Crippen molar-refractivity contribution in [2.75, 3.05) is 5.32 Å². The number of carbonyl (C=O) groups is 1. The minimum absolute atomic E-state index is 0.0897. The summed E-state index contributed by atoms with van der Waals surface area (Å²) >= 11 is 0. The molecule has 0 unspecified atom stereocenters. The van der Waals surface area contributed by atoms with Crippen molar-refractivity contribution >= 4 is 27.3 Å². The lowest BCUT2D eigenvalue weighted by Crippen LogP contribution is -2.42. The van der Waals surface area contributed by atoms with E-state index in [2.05, 4.69) is 10.2 Å². The first-order chi connectivity index (χ1) is 12.8. The zero-order chi connectivity index (χ0) is 21.3. The summed E-state index contributed by atoms with van der Waals surface area (Å²) in [6, 6.07) is 1.86. The van der Waals surface area contributed by atoms with Gasteiger partial charge in [-0.25, -0.2) is 17.7 Å². The first kappa shape index (κ1) is 21.4. The predicted molar refractivity (Wildman–Crippen MR) is 91.9 cm³/mol. The molecular formula is C16H14F4N4O3S. The van der Waals surface area contributed by atoms with E-state index in [0.29, 0.717) is 6.92 Å². The Bertz CT molecular complexity index is 1050. The summed E-state index contributed by atoms with van der Waals surface area (Å²) in [7, 11) is -3.20. The zero-order valence-electron chi connectivity index (χ0n) is 14.5. The van der Waals surface area contributed by atoms with Gasteiger partial charge in [0.2, 0.25) is 15.7 Å². The van der Waals surface area contributed by atoms with Gasteiger partial charge >= 0.3 is 6.18 Å². The van der Waals surface area contributed by atoms with Crippen LogP contribution >= 0.6 is 0 Å². The summed E-state index contributed by atoms with van der Waals surface area (Å²) in [4.78, 5) is 14.8. The Morgan fingerprint density at radius 3 is 2.50 bits per heavy atom. The predicted octanol–water partition coefficient (Wildman–Crippen LogP) is 3.20. The number of nitrogens with one attached hydrogen (secondary N) is 2. The summed E-state index contributed by atoms with van der Waals surface area (Å²) in [5.74, 6) is -1.57. The summed E-state index contributed by atoms with van der Waals surface area (Å²) in [6.45, 7) is 7.50. The van der Waals surface area contributed by atoms with Gasteiger partial charge in [0.15, 0.2) is 0 Å². The molecule has 2 N–H and O–H groups in total. The SMILES string of the molecule is [C-]#[N+]c1cc(NC(=O)c2cc(S(=O)(=O)N[C@@H](C)C(F)(F)F)cn2C)ccc1F. The van der Waals surface area contributed by atoms with Gasteiger partial charge in [-0.15, -0.1) is 0 Å². The van der Waals surface area contributed by atoms with E-state index in [-0.39, 0.29) is 17.1 Å². The number of amides is 1. The molecule has 0 aliphatic rings. The van der Waals surface area contributed by atoms with Crippen LogP contribution in [0.25, 0.3) is 4.85 Å². The van der Waals surface area contributed by atoms with Crippen molar-refractivity contribution in [1.82, 2.24) is 9.29 Å². The highest BCUT2D eigenvalue weighted by Crippen LogP contribution is 2.24.